The van der Waals surface area contributed by atoms with Crippen molar-refractivity contribution in [3.05, 3.63) is 65.6 Å². The number of pyridine rings is 1. The van der Waals surface area contributed by atoms with Crippen LogP contribution in [0.4, 0.5) is 29.3 Å². The fraction of sp³-hybridized carbons (Fsp3) is 0.382. The van der Waals surface area contributed by atoms with E-state index in [9.17, 15) is 23.2 Å². The van der Waals surface area contributed by atoms with Crippen molar-refractivity contribution in [2.75, 3.05) is 49.5 Å². The maximum absolute atomic E-state index is 16.8. The maximum Gasteiger partial charge on any atom is 0.282 e. The third kappa shape index (κ3) is 5.46. The zero-order valence-corrected chi connectivity index (χ0v) is 26.6. The number of fused-ring (bicyclic) bond motifs is 3. The first kappa shape index (κ1) is 32.0. The highest BCUT2D eigenvalue weighted by Crippen LogP contribution is 2.41. The number of amides is 1. The number of anilines is 2. The first-order valence-electron chi connectivity index (χ1n) is 15.7. The van der Waals surface area contributed by atoms with Crippen molar-refractivity contribution in [3.8, 4) is 17.3 Å². The fourth-order valence-corrected chi connectivity index (χ4v) is 7.82. The number of piperazine rings is 1. The Morgan fingerprint density at radius 2 is 2.00 bits per heavy atom. The molecular weight excluding hydrogens is 648 g/mol. The fourth-order valence-electron chi connectivity index (χ4n) is 7.55. The lowest BCUT2D eigenvalue weighted by Gasteiger charge is -2.41. The van der Waals surface area contributed by atoms with Crippen LogP contribution in [0, 0.1) is 23.0 Å². The van der Waals surface area contributed by atoms with E-state index in [2.05, 4.69) is 32.8 Å². The summed E-state index contributed by atoms with van der Waals surface area (Å²) in [6.07, 6.45) is 2.51. The molecule has 0 unspecified atom stereocenters. The smallest absolute Gasteiger partial charge is 0.282 e. The second-order valence-electron chi connectivity index (χ2n) is 12.6. The van der Waals surface area contributed by atoms with Gasteiger partial charge in [-0.2, -0.15) is 10.2 Å². The summed E-state index contributed by atoms with van der Waals surface area (Å²) in [5.41, 5.74) is -0.297. The Kier molecular flexibility index (Phi) is 8.33. The van der Waals surface area contributed by atoms with Crippen LogP contribution >= 0.6 is 11.6 Å². The third-order valence-corrected chi connectivity index (χ3v) is 10.2. The van der Waals surface area contributed by atoms with Gasteiger partial charge in [-0.3, -0.25) is 14.7 Å². The highest BCUT2D eigenvalue weighted by atomic mass is 35.5. The normalized spacial score (nSPS) is 22.7. The molecule has 9 nitrogen and oxygen atoms in total. The molecule has 3 aliphatic rings. The number of nitriles is 1. The van der Waals surface area contributed by atoms with Gasteiger partial charge in [0.25, 0.3) is 5.91 Å². The molecule has 14 heteroatoms. The molecule has 3 fully saturated rings. The van der Waals surface area contributed by atoms with Crippen molar-refractivity contribution in [1.82, 2.24) is 24.8 Å². The van der Waals surface area contributed by atoms with Crippen LogP contribution in [-0.4, -0.2) is 87.7 Å². The standard InChI is InChI=1S/C34H31ClF4N8O/c1-19(36)32(48)47-13-12-45(17-22(47)8-10-40)31-24-15-41-29(23-5-2-4-20-6-7-25(38)27(35)26(20)23)28(39)30(24)43-33(44-31)42-18-34-9-3-11-46(34)16-21(37)14-34/h2,4-7,15,21-22H,1,3,8-9,11-14,16-18H2,(H,42,43,44)/t21-,22+,34+/m1/s1. The van der Waals surface area contributed by atoms with Gasteiger partial charge >= 0.3 is 0 Å². The van der Waals surface area contributed by atoms with Crippen molar-refractivity contribution in [2.45, 2.75) is 43.4 Å². The van der Waals surface area contributed by atoms with Gasteiger partial charge in [-0.1, -0.05) is 42.4 Å². The van der Waals surface area contributed by atoms with Crippen LogP contribution in [0.15, 0.2) is 48.9 Å². The number of hydrogen-bond acceptors (Lipinski definition) is 8. The molecule has 3 saturated heterocycles. The molecule has 1 amide bonds. The van der Waals surface area contributed by atoms with Crippen molar-refractivity contribution < 1.29 is 22.4 Å². The van der Waals surface area contributed by atoms with Gasteiger partial charge in [-0.25, -0.2) is 22.5 Å². The van der Waals surface area contributed by atoms with Crippen LogP contribution in [0.3, 0.4) is 0 Å². The van der Waals surface area contributed by atoms with Gasteiger partial charge in [0.15, 0.2) is 11.6 Å². The largest absolute Gasteiger partial charge is 0.352 e. The second kappa shape index (κ2) is 12.5. The molecule has 248 valence electrons. The highest BCUT2D eigenvalue weighted by Gasteiger charge is 2.48. The molecule has 48 heavy (non-hydrogen) atoms. The predicted molar refractivity (Wildman–Crippen MR) is 175 cm³/mol. The van der Waals surface area contributed by atoms with Gasteiger partial charge in [0.05, 0.1) is 28.9 Å². The van der Waals surface area contributed by atoms with E-state index in [0.29, 0.717) is 36.1 Å². The second-order valence-corrected chi connectivity index (χ2v) is 13.0. The number of alkyl halides is 1. The molecule has 0 spiro atoms. The number of carbonyl (C=O) groups excluding carboxylic acids is 1. The molecule has 2 aromatic heterocycles. The summed E-state index contributed by atoms with van der Waals surface area (Å²) in [7, 11) is 0. The first-order valence-corrected chi connectivity index (χ1v) is 16.1. The Hall–Kier alpha value is -4.54. The van der Waals surface area contributed by atoms with Gasteiger partial charge in [-0.05, 0) is 37.3 Å². The Labute approximate surface area is 278 Å². The summed E-state index contributed by atoms with van der Waals surface area (Å²) in [4.78, 5) is 31.6. The van der Waals surface area contributed by atoms with Gasteiger partial charge < -0.3 is 15.1 Å². The summed E-state index contributed by atoms with van der Waals surface area (Å²) >= 11 is 6.38. The molecule has 2 aromatic carbocycles. The van der Waals surface area contributed by atoms with Crippen LogP contribution in [0.2, 0.25) is 5.02 Å². The van der Waals surface area contributed by atoms with Crippen LogP contribution in [0.25, 0.3) is 32.9 Å². The molecule has 7 rings (SSSR count). The summed E-state index contributed by atoms with van der Waals surface area (Å²) in [5, 5.41) is 13.8. The van der Waals surface area contributed by atoms with E-state index in [1.54, 1.807) is 29.2 Å². The minimum Gasteiger partial charge on any atom is -0.352 e. The van der Waals surface area contributed by atoms with Gasteiger partial charge in [0.1, 0.15) is 29.0 Å². The van der Waals surface area contributed by atoms with Gasteiger partial charge in [0.2, 0.25) is 5.95 Å². The van der Waals surface area contributed by atoms with E-state index in [1.165, 1.54) is 17.2 Å². The number of benzene rings is 2. The summed E-state index contributed by atoms with van der Waals surface area (Å²) in [5.74, 6) is -3.06. The Balaban J connectivity index is 1.34. The van der Waals surface area contributed by atoms with E-state index >= 15 is 4.39 Å². The minimum atomic E-state index is -1.12. The predicted octanol–water partition coefficient (Wildman–Crippen LogP) is 6.18. The molecule has 3 aliphatic heterocycles. The number of aromatic nitrogens is 3. The Morgan fingerprint density at radius 3 is 2.79 bits per heavy atom. The molecule has 3 atom stereocenters. The van der Waals surface area contributed by atoms with Gasteiger partial charge in [-0.15, -0.1) is 0 Å². The topological polar surface area (TPSA) is 101 Å². The maximum atomic E-state index is 16.8. The molecule has 0 bridgehead atoms. The van der Waals surface area contributed by atoms with Gasteiger partial charge in [0, 0.05) is 55.4 Å². The van der Waals surface area contributed by atoms with E-state index in [1.807, 2.05) is 0 Å². The number of halogens is 5. The zero-order valence-electron chi connectivity index (χ0n) is 25.8. The van der Waals surface area contributed by atoms with Crippen LogP contribution in [0.5, 0.6) is 0 Å². The summed E-state index contributed by atoms with van der Waals surface area (Å²) in [6.45, 7) is 4.96. The van der Waals surface area contributed by atoms with Crippen molar-refractivity contribution in [1.29, 1.82) is 5.26 Å². The number of nitrogens with one attached hydrogen (secondary N) is 1. The van der Waals surface area contributed by atoms with E-state index in [0.717, 1.165) is 19.4 Å². The lowest BCUT2D eigenvalue weighted by molar-refractivity contribution is -0.131. The van der Waals surface area contributed by atoms with E-state index in [4.69, 9.17) is 16.6 Å². The number of nitrogens with zero attached hydrogens (tertiary/aromatic N) is 7. The van der Waals surface area contributed by atoms with Crippen molar-refractivity contribution >= 4 is 50.9 Å². The summed E-state index contributed by atoms with van der Waals surface area (Å²) in [6, 6.07) is 9.20. The molecule has 0 saturated carbocycles. The van der Waals surface area contributed by atoms with E-state index in [-0.39, 0.29) is 59.2 Å². The third-order valence-electron chi connectivity index (χ3n) is 9.79. The first-order chi connectivity index (χ1) is 23.1. The molecule has 0 aliphatic carbocycles. The summed E-state index contributed by atoms with van der Waals surface area (Å²) < 4.78 is 59.7. The average molecular weight is 679 g/mol. The van der Waals surface area contributed by atoms with Crippen LogP contribution in [0.1, 0.15) is 25.7 Å². The number of carbonyl (C=O) groups is 1. The van der Waals surface area contributed by atoms with E-state index < -0.39 is 41.1 Å². The zero-order chi connectivity index (χ0) is 33.7. The average Bonchev–Trinajstić information content (AvgIpc) is 3.60. The number of rotatable bonds is 7. The Morgan fingerprint density at radius 1 is 1.17 bits per heavy atom. The lowest BCUT2D eigenvalue weighted by Crippen LogP contribution is -2.55. The highest BCUT2D eigenvalue weighted by molar-refractivity contribution is 6.36. The SMILES string of the molecule is C=C(F)C(=O)N1CCN(c2nc(NC[C@@]34CCCN3C[C@H](F)C4)nc3c(F)c(-c4cccc5ccc(F)c(Cl)c45)ncc23)C[C@@H]1CC#N. The molecule has 0 radical (unpaired) electrons. The Bertz CT molecular complexity index is 2010. The quantitative estimate of drug-likeness (QED) is 0.183. The van der Waals surface area contributed by atoms with Crippen LogP contribution < -0.4 is 10.2 Å². The molecular formula is C34H31ClF4N8O. The minimum absolute atomic E-state index is 0.0619. The monoisotopic (exact) mass is 678 g/mol. The lowest BCUT2D eigenvalue weighted by atomic mass is 9.93. The molecule has 5 heterocycles. The number of hydrogen-bond donors (Lipinski definition) is 1. The van der Waals surface area contributed by atoms with Crippen molar-refractivity contribution in [3.63, 3.8) is 0 Å². The van der Waals surface area contributed by atoms with Crippen LogP contribution in [-0.2, 0) is 4.79 Å². The van der Waals surface area contributed by atoms with Crippen molar-refractivity contribution in [2.24, 2.45) is 0 Å². The molecule has 1 N–H and O–H groups in total. The molecule has 4 aromatic rings.